The van der Waals surface area contributed by atoms with Gasteiger partial charge in [0, 0.05) is 19.8 Å². The number of hydrogen-bond acceptors (Lipinski definition) is 3. The number of amides is 1. The SMILES string of the molecule is Cc1ccc(N)c(C(=O)Nc2cccc(Cl)c2N(C)C)c1. The van der Waals surface area contributed by atoms with Crippen molar-refractivity contribution in [3.05, 3.63) is 52.5 Å². The van der Waals surface area contributed by atoms with E-state index in [1.807, 2.05) is 38.1 Å². The fraction of sp³-hybridized carbons (Fsp3) is 0.188. The molecule has 0 aliphatic rings. The molecule has 0 aromatic heterocycles. The first-order valence-corrected chi connectivity index (χ1v) is 6.91. The van der Waals surface area contributed by atoms with Gasteiger partial charge in [0.1, 0.15) is 0 Å². The third-order valence-electron chi connectivity index (χ3n) is 3.14. The van der Waals surface area contributed by atoms with Crippen molar-refractivity contribution in [1.82, 2.24) is 0 Å². The van der Waals surface area contributed by atoms with Gasteiger partial charge in [0.05, 0.1) is 22.0 Å². The van der Waals surface area contributed by atoms with E-state index in [9.17, 15) is 4.79 Å². The number of nitrogens with one attached hydrogen (secondary N) is 1. The Morgan fingerprint density at radius 3 is 2.62 bits per heavy atom. The fourth-order valence-corrected chi connectivity index (χ4v) is 2.47. The first-order valence-electron chi connectivity index (χ1n) is 6.53. The number of carbonyl (C=O) groups excluding carboxylic acids is 1. The summed E-state index contributed by atoms with van der Waals surface area (Å²) in [4.78, 5) is 14.3. The fourth-order valence-electron chi connectivity index (χ4n) is 2.13. The van der Waals surface area contributed by atoms with Gasteiger partial charge in [-0.15, -0.1) is 0 Å². The van der Waals surface area contributed by atoms with Crippen LogP contribution in [0.25, 0.3) is 0 Å². The molecule has 0 fully saturated rings. The van der Waals surface area contributed by atoms with E-state index in [2.05, 4.69) is 5.32 Å². The minimum Gasteiger partial charge on any atom is -0.398 e. The molecular weight excluding hydrogens is 286 g/mol. The number of carbonyl (C=O) groups is 1. The van der Waals surface area contributed by atoms with E-state index in [4.69, 9.17) is 17.3 Å². The van der Waals surface area contributed by atoms with Gasteiger partial charge >= 0.3 is 0 Å². The second kappa shape index (κ2) is 6.06. The molecule has 0 spiro atoms. The van der Waals surface area contributed by atoms with Crippen LogP contribution in [0.2, 0.25) is 5.02 Å². The number of nitrogens with zero attached hydrogens (tertiary/aromatic N) is 1. The Morgan fingerprint density at radius 1 is 1.24 bits per heavy atom. The van der Waals surface area contributed by atoms with E-state index in [1.165, 1.54) is 0 Å². The van der Waals surface area contributed by atoms with Crippen LogP contribution in [0.15, 0.2) is 36.4 Å². The highest BCUT2D eigenvalue weighted by atomic mass is 35.5. The van der Waals surface area contributed by atoms with Crippen LogP contribution >= 0.6 is 11.6 Å². The molecule has 3 N–H and O–H groups in total. The lowest BCUT2D eigenvalue weighted by molar-refractivity contribution is 0.102. The van der Waals surface area contributed by atoms with Gasteiger partial charge in [-0.2, -0.15) is 0 Å². The molecule has 0 radical (unpaired) electrons. The van der Waals surface area contributed by atoms with Gasteiger partial charge in [-0.05, 0) is 31.2 Å². The Bertz CT molecular complexity index is 683. The minimum atomic E-state index is -0.249. The van der Waals surface area contributed by atoms with Gasteiger partial charge in [0.25, 0.3) is 5.91 Å². The Hall–Kier alpha value is -2.20. The number of anilines is 3. The van der Waals surface area contributed by atoms with Gasteiger partial charge in [0.2, 0.25) is 0 Å². The van der Waals surface area contributed by atoms with Crippen LogP contribution in [0.1, 0.15) is 15.9 Å². The number of benzene rings is 2. The molecule has 2 rings (SSSR count). The second-order valence-electron chi connectivity index (χ2n) is 5.08. The van der Waals surface area contributed by atoms with E-state index in [1.54, 1.807) is 24.3 Å². The molecule has 0 saturated carbocycles. The summed E-state index contributed by atoms with van der Waals surface area (Å²) in [6, 6.07) is 10.8. The van der Waals surface area contributed by atoms with Crippen LogP contribution in [0.4, 0.5) is 17.1 Å². The Labute approximate surface area is 129 Å². The lowest BCUT2D eigenvalue weighted by atomic mass is 10.1. The van der Waals surface area contributed by atoms with Crippen LogP contribution < -0.4 is 16.0 Å². The quantitative estimate of drug-likeness (QED) is 0.853. The van der Waals surface area contributed by atoms with E-state index in [0.717, 1.165) is 11.3 Å². The topological polar surface area (TPSA) is 58.4 Å². The van der Waals surface area contributed by atoms with Crippen molar-refractivity contribution in [2.24, 2.45) is 0 Å². The molecular formula is C16H18ClN3O. The third kappa shape index (κ3) is 3.28. The number of para-hydroxylation sites is 1. The highest BCUT2D eigenvalue weighted by molar-refractivity contribution is 6.34. The summed E-state index contributed by atoms with van der Waals surface area (Å²) in [5, 5.41) is 3.45. The smallest absolute Gasteiger partial charge is 0.257 e. The summed E-state index contributed by atoms with van der Waals surface area (Å²) in [5.41, 5.74) is 9.18. The van der Waals surface area contributed by atoms with E-state index < -0.39 is 0 Å². The molecule has 0 aliphatic carbocycles. The van der Waals surface area contributed by atoms with E-state index in [-0.39, 0.29) is 5.91 Å². The van der Waals surface area contributed by atoms with Crippen molar-refractivity contribution < 1.29 is 4.79 Å². The second-order valence-corrected chi connectivity index (χ2v) is 5.48. The molecule has 0 unspecified atom stereocenters. The third-order valence-corrected chi connectivity index (χ3v) is 3.44. The van der Waals surface area contributed by atoms with Crippen LogP contribution in [0, 0.1) is 6.92 Å². The molecule has 0 heterocycles. The Kier molecular flexibility index (Phi) is 4.38. The lowest BCUT2D eigenvalue weighted by Gasteiger charge is -2.19. The average Bonchev–Trinajstić information content (AvgIpc) is 2.41. The average molecular weight is 304 g/mol. The maximum absolute atomic E-state index is 12.4. The predicted molar refractivity (Wildman–Crippen MR) is 89.3 cm³/mol. The number of nitrogens with two attached hydrogens (primary N) is 1. The number of hydrogen-bond donors (Lipinski definition) is 2. The van der Waals surface area contributed by atoms with Crippen LogP contribution in [0.3, 0.4) is 0 Å². The zero-order chi connectivity index (χ0) is 15.6. The first kappa shape index (κ1) is 15.2. The monoisotopic (exact) mass is 303 g/mol. The lowest BCUT2D eigenvalue weighted by Crippen LogP contribution is -2.18. The van der Waals surface area contributed by atoms with Gasteiger partial charge in [-0.1, -0.05) is 29.3 Å². The van der Waals surface area contributed by atoms with Crippen molar-refractivity contribution in [3.63, 3.8) is 0 Å². The van der Waals surface area contributed by atoms with Crippen molar-refractivity contribution in [2.45, 2.75) is 6.92 Å². The summed E-state index contributed by atoms with van der Waals surface area (Å²) in [6.45, 7) is 1.92. The first-order chi connectivity index (χ1) is 9.90. The standard InChI is InChI=1S/C16H18ClN3O/c1-10-7-8-13(18)11(9-10)16(21)19-14-6-4-5-12(17)15(14)20(2)3/h4-9H,18H2,1-3H3,(H,19,21). The number of nitrogen functional groups attached to an aromatic ring is 1. The largest absolute Gasteiger partial charge is 0.398 e. The normalized spacial score (nSPS) is 10.3. The maximum Gasteiger partial charge on any atom is 0.257 e. The number of halogens is 1. The number of aryl methyl sites for hydroxylation is 1. The highest BCUT2D eigenvalue weighted by Crippen LogP contribution is 2.33. The van der Waals surface area contributed by atoms with Crippen molar-refractivity contribution in [2.75, 3.05) is 30.0 Å². The molecule has 2 aromatic rings. The van der Waals surface area contributed by atoms with Gasteiger partial charge in [0.15, 0.2) is 0 Å². The van der Waals surface area contributed by atoms with E-state index in [0.29, 0.717) is 22.0 Å². The molecule has 110 valence electrons. The summed E-state index contributed by atoms with van der Waals surface area (Å²) in [5.74, 6) is -0.249. The minimum absolute atomic E-state index is 0.249. The Balaban J connectivity index is 2.36. The molecule has 1 amide bonds. The van der Waals surface area contributed by atoms with Crippen LogP contribution in [-0.4, -0.2) is 20.0 Å². The van der Waals surface area contributed by atoms with Crippen LogP contribution in [0.5, 0.6) is 0 Å². The van der Waals surface area contributed by atoms with Crippen molar-refractivity contribution in [3.8, 4) is 0 Å². The zero-order valence-corrected chi connectivity index (χ0v) is 13.0. The maximum atomic E-state index is 12.4. The number of rotatable bonds is 3. The molecule has 2 aromatic carbocycles. The summed E-state index contributed by atoms with van der Waals surface area (Å²) < 4.78 is 0. The molecule has 0 saturated heterocycles. The van der Waals surface area contributed by atoms with Gasteiger partial charge in [-0.25, -0.2) is 0 Å². The predicted octanol–water partition coefficient (Wildman–Crippen LogP) is 3.55. The molecule has 5 heteroatoms. The molecule has 21 heavy (non-hydrogen) atoms. The van der Waals surface area contributed by atoms with Crippen molar-refractivity contribution >= 4 is 34.6 Å². The molecule has 0 bridgehead atoms. The molecule has 0 atom stereocenters. The zero-order valence-electron chi connectivity index (χ0n) is 12.3. The van der Waals surface area contributed by atoms with Gasteiger partial charge in [-0.3, -0.25) is 4.79 Å². The summed E-state index contributed by atoms with van der Waals surface area (Å²) in [7, 11) is 3.75. The molecule has 4 nitrogen and oxygen atoms in total. The highest BCUT2D eigenvalue weighted by Gasteiger charge is 2.14. The summed E-state index contributed by atoms with van der Waals surface area (Å²) in [6.07, 6.45) is 0. The molecule has 0 aliphatic heterocycles. The van der Waals surface area contributed by atoms with Gasteiger partial charge < -0.3 is 16.0 Å². The van der Waals surface area contributed by atoms with E-state index >= 15 is 0 Å². The van der Waals surface area contributed by atoms with Crippen molar-refractivity contribution in [1.29, 1.82) is 0 Å². The van der Waals surface area contributed by atoms with Crippen LogP contribution in [-0.2, 0) is 0 Å². The Morgan fingerprint density at radius 2 is 1.95 bits per heavy atom. The summed E-state index contributed by atoms with van der Waals surface area (Å²) >= 11 is 6.19.